The van der Waals surface area contributed by atoms with E-state index in [1.807, 2.05) is 12.1 Å². The molecule has 0 atom stereocenters. The lowest BCUT2D eigenvalue weighted by Gasteiger charge is -2.32. The second kappa shape index (κ2) is 6.37. The summed E-state index contributed by atoms with van der Waals surface area (Å²) in [7, 11) is -0.427. The topological polar surface area (TPSA) is 23.4 Å². The lowest BCUT2D eigenvalue weighted by atomic mass is 9.79. The smallest absolute Gasteiger partial charge is 0.399 e. The van der Waals surface area contributed by atoms with Gasteiger partial charge in [-0.2, -0.15) is 0 Å². The molecule has 4 aromatic rings. The van der Waals surface area contributed by atoms with Gasteiger partial charge in [0.2, 0.25) is 0 Å². The standard InChI is InChI=1S/C24H23BClNO2/c1-23(2)24(3,4)29-25(28-23)16-13-14-19(26)22(15-16)27-20-11-7-5-9-17(20)18-10-6-8-12-21(18)27/h5-15H,1-4H3. The number of hydrogen-bond donors (Lipinski definition) is 0. The number of benzene rings is 3. The van der Waals surface area contributed by atoms with Crippen LogP contribution in [0.3, 0.4) is 0 Å². The van der Waals surface area contributed by atoms with Crippen LogP contribution < -0.4 is 5.46 Å². The van der Waals surface area contributed by atoms with Crippen molar-refractivity contribution in [3.05, 3.63) is 71.8 Å². The molecule has 1 aliphatic heterocycles. The van der Waals surface area contributed by atoms with Gasteiger partial charge in [0.25, 0.3) is 0 Å². The Morgan fingerprint density at radius 3 is 1.83 bits per heavy atom. The van der Waals surface area contributed by atoms with Gasteiger partial charge in [-0.25, -0.2) is 0 Å². The fraction of sp³-hybridized carbons (Fsp3) is 0.250. The molecule has 1 saturated heterocycles. The quantitative estimate of drug-likeness (QED) is 0.399. The molecule has 0 unspecified atom stereocenters. The van der Waals surface area contributed by atoms with Crippen molar-refractivity contribution in [2.24, 2.45) is 0 Å². The first kappa shape index (κ1) is 18.7. The van der Waals surface area contributed by atoms with Crippen LogP contribution in [-0.4, -0.2) is 22.9 Å². The SMILES string of the molecule is CC1(C)OB(c2ccc(Cl)c(-n3c4ccccc4c4ccccc43)c2)OC1(C)C. The van der Waals surface area contributed by atoms with Crippen LogP contribution >= 0.6 is 11.6 Å². The predicted octanol–water partition coefficient (Wildman–Crippen LogP) is 5.74. The molecule has 1 aliphatic rings. The zero-order chi connectivity index (χ0) is 20.4. The summed E-state index contributed by atoms with van der Waals surface area (Å²) >= 11 is 6.70. The Morgan fingerprint density at radius 1 is 0.759 bits per heavy atom. The zero-order valence-corrected chi connectivity index (χ0v) is 17.8. The molecule has 1 fully saturated rings. The van der Waals surface area contributed by atoms with Crippen molar-refractivity contribution in [2.45, 2.75) is 38.9 Å². The van der Waals surface area contributed by atoms with Crippen molar-refractivity contribution in [2.75, 3.05) is 0 Å². The van der Waals surface area contributed by atoms with E-state index in [1.165, 1.54) is 10.8 Å². The van der Waals surface area contributed by atoms with Crippen LogP contribution in [0.5, 0.6) is 0 Å². The highest BCUT2D eigenvalue weighted by Crippen LogP contribution is 2.38. The highest BCUT2D eigenvalue weighted by atomic mass is 35.5. The van der Waals surface area contributed by atoms with E-state index in [9.17, 15) is 0 Å². The third-order valence-corrected chi connectivity index (χ3v) is 6.64. The minimum atomic E-state index is -0.427. The fourth-order valence-corrected chi connectivity index (χ4v) is 4.21. The molecule has 3 aromatic carbocycles. The second-order valence-corrected chi connectivity index (χ2v) is 9.08. The molecule has 0 spiro atoms. The molecule has 0 aliphatic carbocycles. The second-order valence-electron chi connectivity index (χ2n) is 8.67. The van der Waals surface area contributed by atoms with E-state index in [2.05, 4.69) is 86.9 Å². The van der Waals surface area contributed by atoms with Crippen molar-refractivity contribution in [1.82, 2.24) is 4.57 Å². The van der Waals surface area contributed by atoms with Gasteiger partial charge in [0.05, 0.1) is 32.9 Å². The summed E-state index contributed by atoms with van der Waals surface area (Å²) in [6, 6.07) is 22.8. The highest BCUT2D eigenvalue weighted by Gasteiger charge is 2.51. The lowest BCUT2D eigenvalue weighted by Crippen LogP contribution is -2.41. The Labute approximate surface area is 176 Å². The summed E-state index contributed by atoms with van der Waals surface area (Å²) in [6.07, 6.45) is 0. The third-order valence-electron chi connectivity index (χ3n) is 6.32. The largest absolute Gasteiger partial charge is 0.494 e. The number of halogens is 1. The minimum absolute atomic E-state index is 0.385. The van der Waals surface area contributed by atoms with E-state index in [-0.39, 0.29) is 11.2 Å². The molecule has 5 rings (SSSR count). The average Bonchev–Trinajstić information content (AvgIpc) is 3.13. The number of fused-ring (bicyclic) bond motifs is 3. The number of hydrogen-bond acceptors (Lipinski definition) is 2. The predicted molar refractivity (Wildman–Crippen MR) is 122 cm³/mol. The van der Waals surface area contributed by atoms with Gasteiger partial charge in [-0.15, -0.1) is 0 Å². The minimum Gasteiger partial charge on any atom is -0.399 e. The lowest BCUT2D eigenvalue weighted by molar-refractivity contribution is 0.00578. The summed E-state index contributed by atoms with van der Waals surface area (Å²) in [5.41, 5.74) is 3.37. The van der Waals surface area contributed by atoms with Gasteiger partial charge >= 0.3 is 7.12 Å². The van der Waals surface area contributed by atoms with Crippen LogP contribution in [0.15, 0.2) is 66.7 Å². The van der Waals surface area contributed by atoms with E-state index in [4.69, 9.17) is 20.9 Å². The number of nitrogens with zero attached hydrogens (tertiary/aromatic N) is 1. The molecule has 1 aromatic heterocycles. The van der Waals surface area contributed by atoms with Crippen LogP contribution in [0.25, 0.3) is 27.5 Å². The van der Waals surface area contributed by atoms with Crippen LogP contribution in [0, 0.1) is 0 Å². The summed E-state index contributed by atoms with van der Waals surface area (Å²) in [5, 5.41) is 3.11. The molecular formula is C24H23BClNO2. The Kier molecular flexibility index (Phi) is 4.11. The average molecular weight is 404 g/mol. The molecule has 0 amide bonds. The molecule has 0 N–H and O–H groups in total. The summed E-state index contributed by atoms with van der Waals surface area (Å²) in [5.74, 6) is 0. The summed E-state index contributed by atoms with van der Waals surface area (Å²) in [4.78, 5) is 0. The van der Waals surface area contributed by atoms with Gasteiger partial charge in [-0.05, 0) is 57.4 Å². The van der Waals surface area contributed by atoms with Gasteiger partial charge in [-0.3, -0.25) is 0 Å². The van der Waals surface area contributed by atoms with Crippen molar-refractivity contribution in [3.8, 4) is 5.69 Å². The van der Waals surface area contributed by atoms with Crippen LogP contribution in [0.4, 0.5) is 0 Å². The van der Waals surface area contributed by atoms with Gasteiger partial charge in [-0.1, -0.05) is 54.1 Å². The first-order valence-electron chi connectivity index (χ1n) is 9.92. The van der Waals surface area contributed by atoms with Crippen LogP contribution in [0.2, 0.25) is 5.02 Å². The molecule has 146 valence electrons. The molecule has 5 heteroatoms. The molecular weight excluding hydrogens is 381 g/mol. The maximum atomic E-state index is 6.70. The molecule has 29 heavy (non-hydrogen) atoms. The summed E-state index contributed by atoms with van der Waals surface area (Å²) < 4.78 is 14.7. The number of aromatic nitrogens is 1. The van der Waals surface area contributed by atoms with Crippen LogP contribution in [-0.2, 0) is 9.31 Å². The van der Waals surface area contributed by atoms with E-state index >= 15 is 0 Å². The molecule has 2 heterocycles. The molecule has 0 radical (unpaired) electrons. The Hall–Kier alpha value is -2.27. The normalized spacial score (nSPS) is 18.0. The molecule has 0 bridgehead atoms. The van der Waals surface area contributed by atoms with E-state index < -0.39 is 7.12 Å². The van der Waals surface area contributed by atoms with Gasteiger partial charge in [0.1, 0.15) is 0 Å². The Balaban J connectivity index is 1.71. The number of rotatable bonds is 2. The van der Waals surface area contributed by atoms with E-state index in [0.717, 1.165) is 22.2 Å². The third kappa shape index (κ3) is 2.82. The Morgan fingerprint density at radius 2 is 1.28 bits per heavy atom. The zero-order valence-electron chi connectivity index (χ0n) is 17.1. The van der Waals surface area contributed by atoms with Crippen LogP contribution in [0.1, 0.15) is 27.7 Å². The van der Waals surface area contributed by atoms with E-state index in [1.54, 1.807) is 0 Å². The maximum Gasteiger partial charge on any atom is 0.494 e. The fourth-order valence-electron chi connectivity index (χ4n) is 4.01. The first-order valence-corrected chi connectivity index (χ1v) is 10.3. The molecule has 0 saturated carbocycles. The van der Waals surface area contributed by atoms with Gasteiger partial charge in [0, 0.05) is 10.8 Å². The van der Waals surface area contributed by atoms with Crippen molar-refractivity contribution in [3.63, 3.8) is 0 Å². The monoisotopic (exact) mass is 403 g/mol. The Bertz CT molecular complexity index is 1180. The highest BCUT2D eigenvalue weighted by molar-refractivity contribution is 6.62. The maximum absolute atomic E-state index is 6.70. The van der Waals surface area contributed by atoms with Gasteiger partial charge in [0.15, 0.2) is 0 Å². The van der Waals surface area contributed by atoms with Crippen molar-refractivity contribution >= 4 is 46.0 Å². The van der Waals surface area contributed by atoms with Crippen molar-refractivity contribution < 1.29 is 9.31 Å². The first-order chi connectivity index (χ1) is 13.8. The van der Waals surface area contributed by atoms with E-state index in [0.29, 0.717) is 5.02 Å². The molecule has 3 nitrogen and oxygen atoms in total. The summed E-state index contributed by atoms with van der Waals surface area (Å²) in [6.45, 7) is 8.27. The van der Waals surface area contributed by atoms with Crippen molar-refractivity contribution in [1.29, 1.82) is 0 Å². The number of para-hydroxylation sites is 2. The van der Waals surface area contributed by atoms with Gasteiger partial charge < -0.3 is 13.9 Å².